The Morgan fingerprint density at radius 1 is 0.723 bits per heavy atom. The molecule has 246 valence electrons. The third-order valence-electron chi connectivity index (χ3n) is 8.72. The summed E-state index contributed by atoms with van der Waals surface area (Å²) in [6, 6.07) is 10.2. The van der Waals surface area contributed by atoms with Crippen LogP contribution in [-0.2, 0) is 6.11 Å². The van der Waals surface area contributed by atoms with Crippen LogP contribution in [0.3, 0.4) is 0 Å². The molecule has 1 nitrogen and oxygen atoms in total. The Morgan fingerprint density at radius 2 is 1.30 bits per heavy atom. The number of halogens is 8. The summed E-state index contributed by atoms with van der Waals surface area (Å²) in [5, 5.41) is 0. The minimum Gasteiger partial charge on any atom is -0.429 e. The van der Waals surface area contributed by atoms with E-state index < -0.39 is 63.5 Å². The molecule has 47 heavy (non-hydrogen) atoms. The maximum atomic E-state index is 15.3. The summed E-state index contributed by atoms with van der Waals surface area (Å²) in [6.45, 7) is 5.21. The summed E-state index contributed by atoms with van der Waals surface area (Å²) in [6.07, 6.45) is 6.64. The third-order valence-corrected chi connectivity index (χ3v) is 8.72. The average molecular weight is 657 g/mol. The van der Waals surface area contributed by atoms with Gasteiger partial charge in [0.15, 0.2) is 0 Å². The standard InChI is InChI=1S/C38H32F8O/c1-3-5-6-7-22-8-10-23(11-9-22)24-12-14-29(31(39)16-24)25-13-15-30(32(40)17-25)26-18-35(43)37(36(44)19-26)38(45,46)47-27-20-33(41)28(4-2)34(42)21-27/h3-5,12-23H,2,6-11H2,1H3/b5-3+. The van der Waals surface area contributed by atoms with Gasteiger partial charge in [0.05, 0.1) is 0 Å². The van der Waals surface area contributed by atoms with E-state index in [1.54, 1.807) is 6.07 Å². The lowest BCUT2D eigenvalue weighted by Crippen LogP contribution is -2.25. The maximum absolute atomic E-state index is 15.3. The van der Waals surface area contributed by atoms with Crippen molar-refractivity contribution in [3.05, 3.63) is 131 Å². The molecule has 0 unspecified atom stereocenters. The predicted molar refractivity (Wildman–Crippen MR) is 167 cm³/mol. The Balaban J connectivity index is 1.33. The maximum Gasteiger partial charge on any atom is 0.432 e. The van der Waals surface area contributed by atoms with Crippen LogP contribution in [0.4, 0.5) is 35.1 Å². The number of rotatable bonds is 10. The topological polar surface area (TPSA) is 9.23 Å². The molecule has 0 amide bonds. The van der Waals surface area contributed by atoms with E-state index in [0.29, 0.717) is 30.2 Å². The number of hydrogen-bond acceptors (Lipinski definition) is 1. The Morgan fingerprint density at radius 3 is 1.87 bits per heavy atom. The zero-order chi connectivity index (χ0) is 33.9. The highest BCUT2D eigenvalue weighted by Crippen LogP contribution is 2.41. The molecule has 0 radical (unpaired) electrons. The van der Waals surface area contributed by atoms with Crippen LogP contribution in [0.5, 0.6) is 5.75 Å². The van der Waals surface area contributed by atoms with Crippen LogP contribution in [-0.4, -0.2) is 0 Å². The fourth-order valence-electron chi connectivity index (χ4n) is 6.24. The predicted octanol–water partition coefficient (Wildman–Crippen LogP) is 12.3. The molecule has 1 aliphatic rings. The van der Waals surface area contributed by atoms with Gasteiger partial charge in [0.25, 0.3) is 0 Å². The van der Waals surface area contributed by atoms with Crippen molar-refractivity contribution in [3.63, 3.8) is 0 Å². The molecular formula is C38H32F8O. The normalized spacial score (nSPS) is 16.9. The molecule has 4 aromatic carbocycles. The molecule has 0 aromatic heterocycles. The van der Waals surface area contributed by atoms with Gasteiger partial charge in [-0.25, -0.2) is 26.3 Å². The van der Waals surface area contributed by atoms with E-state index in [4.69, 9.17) is 0 Å². The number of benzene rings is 4. The molecule has 0 spiro atoms. The largest absolute Gasteiger partial charge is 0.432 e. The fourth-order valence-corrected chi connectivity index (χ4v) is 6.24. The van der Waals surface area contributed by atoms with Gasteiger partial charge in [0, 0.05) is 28.8 Å². The highest BCUT2D eigenvalue weighted by atomic mass is 19.3. The second-order valence-electron chi connectivity index (χ2n) is 11.7. The monoisotopic (exact) mass is 656 g/mol. The summed E-state index contributed by atoms with van der Waals surface area (Å²) in [5.41, 5.74) is -1.97. The Bertz CT molecular complexity index is 1760. The molecule has 0 bridgehead atoms. The van der Waals surface area contributed by atoms with Crippen molar-refractivity contribution in [1.29, 1.82) is 0 Å². The van der Waals surface area contributed by atoms with Gasteiger partial charge in [-0.3, -0.25) is 0 Å². The summed E-state index contributed by atoms with van der Waals surface area (Å²) in [4.78, 5) is 0. The summed E-state index contributed by atoms with van der Waals surface area (Å²) < 4.78 is 122. The molecule has 0 saturated heterocycles. The first-order chi connectivity index (χ1) is 22.4. The minimum atomic E-state index is -4.70. The first-order valence-electron chi connectivity index (χ1n) is 15.3. The van der Waals surface area contributed by atoms with Crippen molar-refractivity contribution in [2.24, 2.45) is 5.92 Å². The van der Waals surface area contributed by atoms with Crippen molar-refractivity contribution in [2.45, 2.75) is 57.5 Å². The summed E-state index contributed by atoms with van der Waals surface area (Å²) in [5.74, 6) is -7.75. The molecule has 4 aromatic rings. The van der Waals surface area contributed by atoms with Crippen LogP contribution >= 0.6 is 0 Å². The van der Waals surface area contributed by atoms with Crippen LogP contribution in [0.1, 0.15) is 68.1 Å². The van der Waals surface area contributed by atoms with Gasteiger partial charge < -0.3 is 4.74 Å². The van der Waals surface area contributed by atoms with E-state index in [2.05, 4.69) is 23.5 Å². The number of alkyl halides is 2. The van der Waals surface area contributed by atoms with Crippen LogP contribution < -0.4 is 4.74 Å². The van der Waals surface area contributed by atoms with Gasteiger partial charge in [-0.2, -0.15) is 8.78 Å². The lowest BCUT2D eigenvalue weighted by Gasteiger charge is -2.28. The molecule has 1 saturated carbocycles. The second-order valence-corrected chi connectivity index (χ2v) is 11.7. The van der Waals surface area contributed by atoms with E-state index in [1.165, 1.54) is 18.2 Å². The average Bonchev–Trinajstić information content (AvgIpc) is 3.00. The molecule has 9 heteroatoms. The van der Waals surface area contributed by atoms with E-state index in [9.17, 15) is 26.3 Å². The number of hydrogen-bond donors (Lipinski definition) is 0. The first-order valence-corrected chi connectivity index (χ1v) is 15.3. The third kappa shape index (κ3) is 7.45. The van der Waals surface area contributed by atoms with E-state index >= 15 is 8.78 Å². The molecule has 1 fully saturated rings. The van der Waals surface area contributed by atoms with Gasteiger partial charge >= 0.3 is 6.11 Å². The van der Waals surface area contributed by atoms with Gasteiger partial charge in [0.1, 0.15) is 46.2 Å². The minimum absolute atomic E-state index is 0.137. The van der Waals surface area contributed by atoms with Gasteiger partial charge in [-0.1, -0.05) is 49.1 Å². The summed E-state index contributed by atoms with van der Waals surface area (Å²) in [7, 11) is 0. The molecule has 0 heterocycles. The van der Waals surface area contributed by atoms with Gasteiger partial charge in [-0.15, -0.1) is 0 Å². The molecule has 0 atom stereocenters. The lowest BCUT2D eigenvalue weighted by atomic mass is 9.77. The zero-order valence-electron chi connectivity index (χ0n) is 25.5. The van der Waals surface area contributed by atoms with Crippen LogP contribution in [0, 0.1) is 40.8 Å². The molecule has 5 rings (SSSR count). The number of allylic oxidation sites excluding steroid dienone is 2. The highest BCUT2D eigenvalue weighted by Gasteiger charge is 2.41. The van der Waals surface area contributed by atoms with Crippen LogP contribution in [0.15, 0.2) is 79.4 Å². The Kier molecular flexibility index (Phi) is 10.2. The van der Waals surface area contributed by atoms with E-state index in [-0.39, 0.29) is 22.6 Å². The van der Waals surface area contributed by atoms with Crippen molar-refractivity contribution in [3.8, 4) is 28.0 Å². The second kappa shape index (κ2) is 14.2. The fraction of sp³-hybridized carbons (Fsp3) is 0.263. The number of ether oxygens (including phenoxy) is 1. The van der Waals surface area contributed by atoms with Gasteiger partial charge in [0.2, 0.25) is 0 Å². The van der Waals surface area contributed by atoms with Crippen molar-refractivity contribution in [1.82, 2.24) is 0 Å². The Labute approximate surface area is 268 Å². The molecule has 0 aliphatic heterocycles. The van der Waals surface area contributed by atoms with Crippen molar-refractivity contribution >= 4 is 6.08 Å². The van der Waals surface area contributed by atoms with E-state index in [0.717, 1.165) is 56.2 Å². The lowest BCUT2D eigenvalue weighted by molar-refractivity contribution is -0.189. The quantitative estimate of drug-likeness (QED) is 0.122. The van der Waals surface area contributed by atoms with Crippen LogP contribution in [0.2, 0.25) is 0 Å². The highest BCUT2D eigenvalue weighted by molar-refractivity contribution is 5.72. The van der Waals surface area contributed by atoms with E-state index in [1.807, 2.05) is 13.0 Å². The Hall–Kier alpha value is -4.40. The van der Waals surface area contributed by atoms with Crippen LogP contribution in [0.25, 0.3) is 28.3 Å². The SMILES string of the molecule is C=Cc1c(F)cc(OC(F)(F)c2c(F)cc(-c3ccc(-c4ccc(C5CCC(CC/C=C/C)CC5)cc4F)cc3F)cc2F)cc1F. The smallest absolute Gasteiger partial charge is 0.429 e. The summed E-state index contributed by atoms with van der Waals surface area (Å²) >= 11 is 0. The zero-order valence-corrected chi connectivity index (χ0v) is 25.5. The van der Waals surface area contributed by atoms with Crippen molar-refractivity contribution in [2.75, 3.05) is 0 Å². The molecule has 0 N–H and O–H groups in total. The molecular weight excluding hydrogens is 624 g/mol. The molecule has 1 aliphatic carbocycles. The van der Waals surface area contributed by atoms with Gasteiger partial charge in [-0.05, 0) is 98.2 Å². The first kappa shape index (κ1) is 33.9. The van der Waals surface area contributed by atoms with Crippen molar-refractivity contribution < 1.29 is 39.9 Å².